The van der Waals surface area contributed by atoms with E-state index in [2.05, 4.69) is 10.1 Å². The second-order valence-corrected chi connectivity index (χ2v) is 3.87. The Morgan fingerprint density at radius 3 is 2.83 bits per heavy atom. The van der Waals surface area contributed by atoms with Gasteiger partial charge < -0.3 is 10.1 Å². The van der Waals surface area contributed by atoms with Gasteiger partial charge in [-0.05, 0) is 17.5 Å². The number of benzene rings is 1. The minimum absolute atomic E-state index is 0. The Morgan fingerprint density at radius 2 is 2.22 bits per heavy atom. The van der Waals surface area contributed by atoms with Crippen molar-refractivity contribution >= 4 is 24.1 Å². The Morgan fingerprint density at radius 1 is 1.50 bits per heavy atom. The van der Waals surface area contributed by atoms with Crippen molar-refractivity contribution in [2.24, 2.45) is 0 Å². The van der Waals surface area contributed by atoms with E-state index in [1.165, 1.54) is 19.2 Å². The fourth-order valence-electron chi connectivity index (χ4n) is 1.92. The average Bonchev–Trinajstić information content (AvgIpc) is 2.36. The summed E-state index contributed by atoms with van der Waals surface area (Å²) in [6.07, 6.45) is 0.500. The molecule has 1 unspecified atom stereocenters. The molecule has 1 aromatic carbocycles. The molecule has 0 aromatic heterocycles. The zero-order valence-corrected chi connectivity index (χ0v) is 10.5. The van der Waals surface area contributed by atoms with E-state index in [-0.39, 0.29) is 30.1 Å². The number of nitrogens with zero attached hydrogens (tertiary/aromatic N) is 1. The lowest BCUT2D eigenvalue weighted by Gasteiger charge is -2.23. The van der Waals surface area contributed by atoms with E-state index in [0.717, 1.165) is 11.1 Å². The molecule has 1 aliphatic heterocycles. The van der Waals surface area contributed by atoms with Gasteiger partial charge in [0, 0.05) is 18.7 Å². The van der Waals surface area contributed by atoms with Gasteiger partial charge in [-0.3, -0.25) is 14.9 Å². The summed E-state index contributed by atoms with van der Waals surface area (Å²) in [5.74, 6) is -0.311. The van der Waals surface area contributed by atoms with E-state index in [9.17, 15) is 14.9 Å². The Balaban J connectivity index is 0.00000162. The van der Waals surface area contributed by atoms with Crippen molar-refractivity contribution < 1.29 is 14.5 Å². The molecule has 1 heterocycles. The molecule has 1 atom stereocenters. The summed E-state index contributed by atoms with van der Waals surface area (Å²) in [7, 11) is 1.34. The number of nitro benzene ring substituents is 1. The summed E-state index contributed by atoms with van der Waals surface area (Å²) in [5.41, 5.74) is 1.88. The Bertz CT molecular complexity index is 478. The maximum Gasteiger partial charge on any atom is 0.323 e. The highest BCUT2D eigenvalue weighted by atomic mass is 35.5. The van der Waals surface area contributed by atoms with Crippen molar-refractivity contribution in [3.05, 3.63) is 39.4 Å². The fourth-order valence-corrected chi connectivity index (χ4v) is 1.92. The van der Waals surface area contributed by atoms with E-state index in [1.807, 2.05) is 0 Å². The van der Waals surface area contributed by atoms with Gasteiger partial charge in [-0.1, -0.05) is 6.07 Å². The van der Waals surface area contributed by atoms with Gasteiger partial charge in [0.2, 0.25) is 0 Å². The van der Waals surface area contributed by atoms with E-state index in [1.54, 1.807) is 6.07 Å². The smallest absolute Gasteiger partial charge is 0.323 e. The lowest BCUT2D eigenvalue weighted by Crippen LogP contribution is -2.42. The zero-order chi connectivity index (χ0) is 12.4. The van der Waals surface area contributed by atoms with E-state index in [4.69, 9.17) is 0 Å². The third-order valence-corrected chi connectivity index (χ3v) is 2.85. The first kappa shape index (κ1) is 14.4. The van der Waals surface area contributed by atoms with Gasteiger partial charge in [-0.25, -0.2) is 0 Å². The molecule has 1 aliphatic rings. The molecule has 2 rings (SSSR count). The summed E-state index contributed by atoms with van der Waals surface area (Å²) in [6.45, 7) is 0.441. The molecule has 98 valence electrons. The highest BCUT2D eigenvalue weighted by Crippen LogP contribution is 2.22. The second kappa shape index (κ2) is 5.79. The molecule has 0 amide bonds. The van der Waals surface area contributed by atoms with Crippen LogP contribution in [0.3, 0.4) is 0 Å². The third-order valence-electron chi connectivity index (χ3n) is 2.85. The van der Waals surface area contributed by atoms with E-state index < -0.39 is 4.92 Å². The predicted octanol–water partition coefficient (Wildman–Crippen LogP) is 1.20. The largest absolute Gasteiger partial charge is 0.468 e. The Labute approximate surface area is 110 Å². The molecular weight excluding hydrogens is 260 g/mol. The van der Waals surface area contributed by atoms with Crippen LogP contribution in [0.2, 0.25) is 0 Å². The van der Waals surface area contributed by atoms with Crippen LogP contribution < -0.4 is 5.32 Å². The van der Waals surface area contributed by atoms with Gasteiger partial charge >= 0.3 is 5.97 Å². The van der Waals surface area contributed by atoms with Crippen molar-refractivity contribution in [1.29, 1.82) is 0 Å². The standard InChI is InChI=1S/C11H12N2O4.ClH/c1-17-11(14)10-5-7-2-3-9(13(15)16)4-8(7)6-12-10;/h2-4,10,12H,5-6H2,1H3;1H. The zero-order valence-electron chi connectivity index (χ0n) is 9.71. The van der Waals surface area contributed by atoms with Crippen LogP contribution in [0, 0.1) is 10.1 Å². The molecular formula is C11H13ClN2O4. The van der Waals surface area contributed by atoms with Gasteiger partial charge in [-0.2, -0.15) is 0 Å². The Kier molecular flexibility index (Phi) is 4.63. The quantitative estimate of drug-likeness (QED) is 0.497. The molecule has 0 saturated carbocycles. The number of nitrogens with one attached hydrogen (secondary N) is 1. The summed E-state index contributed by atoms with van der Waals surface area (Å²) in [4.78, 5) is 21.6. The molecule has 1 aromatic rings. The first-order chi connectivity index (χ1) is 8.11. The van der Waals surface area contributed by atoms with Gasteiger partial charge in [0.25, 0.3) is 5.69 Å². The van der Waals surface area contributed by atoms with Crippen molar-refractivity contribution in [3.63, 3.8) is 0 Å². The fraction of sp³-hybridized carbons (Fsp3) is 0.364. The molecule has 0 fully saturated rings. The predicted molar refractivity (Wildman–Crippen MR) is 66.7 cm³/mol. The number of fused-ring (bicyclic) bond motifs is 1. The van der Waals surface area contributed by atoms with Crippen LogP contribution >= 0.6 is 12.4 Å². The molecule has 0 radical (unpaired) electrons. The lowest BCUT2D eigenvalue weighted by atomic mass is 9.95. The van der Waals surface area contributed by atoms with Crippen LogP contribution in [0.4, 0.5) is 5.69 Å². The van der Waals surface area contributed by atoms with Crippen molar-refractivity contribution in [3.8, 4) is 0 Å². The number of halogens is 1. The first-order valence-corrected chi connectivity index (χ1v) is 5.19. The SMILES string of the molecule is COC(=O)C1Cc2ccc([N+](=O)[O-])cc2CN1.Cl. The molecule has 0 aliphatic carbocycles. The highest BCUT2D eigenvalue weighted by molar-refractivity contribution is 5.85. The number of carbonyl (C=O) groups is 1. The van der Waals surface area contributed by atoms with Crippen LogP contribution in [0.15, 0.2) is 18.2 Å². The number of non-ortho nitro benzene ring substituents is 1. The number of hydrogen-bond donors (Lipinski definition) is 1. The lowest BCUT2D eigenvalue weighted by molar-refractivity contribution is -0.384. The summed E-state index contributed by atoms with van der Waals surface area (Å²) in [5, 5.41) is 13.6. The molecule has 6 nitrogen and oxygen atoms in total. The number of methoxy groups -OCH3 is 1. The summed E-state index contributed by atoms with van der Waals surface area (Å²) in [6, 6.07) is 4.33. The van der Waals surface area contributed by atoms with Crippen LogP contribution in [-0.4, -0.2) is 24.0 Å². The van der Waals surface area contributed by atoms with Crippen molar-refractivity contribution in [2.75, 3.05) is 7.11 Å². The maximum absolute atomic E-state index is 11.4. The van der Waals surface area contributed by atoms with Gasteiger partial charge in [-0.15, -0.1) is 12.4 Å². The molecule has 18 heavy (non-hydrogen) atoms. The monoisotopic (exact) mass is 272 g/mol. The molecule has 0 bridgehead atoms. The number of carbonyl (C=O) groups excluding carboxylic acids is 1. The van der Waals surface area contributed by atoms with Crippen molar-refractivity contribution in [2.45, 2.75) is 19.0 Å². The molecule has 0 spiro atoms. The maximum atomic E-state index is 11.4. The number of hydrogen-bond acceptors (Lipinski definition) is 5. The third kappa shape index (κ3) is 2.77. The minimum Gasteiger partial charge on any atom is -0.468 e. The van der Waals surface area contributed by atoms with Crippen LogP contribution in [0.25, 0.3) is 0 Å². The number of nitro groups is 1. The van der Waals surface area contributed by atoms with Crippen LogP contribution in [-0.2, 0) is 22.5 Å². The summed E-state index contributed by atoms with van der Waals surface area (Å²) < 4.78 is 4.66. The Hall–Kier alpha value is -1.66. The average molecular weight is 273 g/mol. The topological polar surface area (TPSA) is 81.5 Å². The number of ether oxygens (including phenoxy) is 1. The van der Waals surface area contributed by atoms with Gasteiger partial charge in [0.15, 0.2) is 0 Å². The normalized spacial score (nSPS) is 17.3. The van der Waals surface area contributed by atoms with E-state index >= 15 is 0 Å². The van der Waals surface area contributed by atoms with Crippen LogP contribution in [0.5, 0.6) is 0 Å². The van der Waals surface area contributed by atoms with Gasteiger partial charge in [0.1, 0.15) is 6.04 Å². The van der Waals surface area contributed by atoms with Crippen molar-refractivity contribution in [1.82, 2.24) is 5.32 Å². The van der Waals surface area contributed by atoms with Crippen LogP contribution in [0.1, 0.15) is 11.1 Å². The first-order valence-electron chi connectivity index (χ1n) is 5.19. The van der Waals surface area contributed by atoms with Gasteiger partial charge in [0.05, 0.1) is 12.0 Å². The highest BCUT2D eigenvalue weighted by Gasteiger charge is 2.25. The number of esters is 1. The van der Waals surface area contributed by atoms with E-state index in [0.29, 0.717) is 13.0 Å². The summed E-state index contributed by atoms with van der Waals surface area (Å²) >= 11 is 0. The molecule has 1 N–H and O–H groups in total. The molecule has 7 heteroatoms. The number of rotatable bonds is 2. The minimum atomic E-state index is -0.424. The molecule has 0 saturated heterocycles. The second-order valence-electron chi connectivity index (χ2n) is 3.87.